The third-order valence-electron chi connectivity index (χ3n) is 3.97. The summed E-state index contributed by atoms with van der Waals surface area (Å²) >= 11 is 0. The molecular weight excluding hydrogens is 298 g/mol. The summed E-state index contributed by atoms with van der Waals surface area (Å²) in [7, 11) is 6.66. The Balaban J connectivity index is 2.52. The zero-order valence-electron chi connectivity index (χ0n) is 13.3. The number of carbonyl (C=O) groups is 1. The minimum atomic E-state index is -0.470. The lowest BCUT2D eigenvalue weighted by Crippen LogP contribution is -2.62. The first-order valence-electron chi connectivity index (χ1n) is 7.06. The van der Waals surface area contributed by atoms with Crippen LogP contribution in [0.5, 0.6) is 0 Å². The number of nitrogens with zero attached hydrogens (tertiary/aromatic N) is 5. The fourth-order valence-electron chi connectivity index (χ4n) is 2.83. The molecule has 3 rings (SSSR count). The zero-order valence-corrected chi connectivity index (χ0v) is 13.3. The van der Waals surface area contributed by atoms with Crippen LogP contribution in [-0.2, 0) is 18.9 Å². The Morgan fingerprint density at radius 3 is 2.52 bits per heavy atom. The molecule has 0 saturated carbocycles. The van der Waals surface area contributed by atoms with E-state index < -0.39 is 17.4 Å². The second kappa shape index (κ2) is 5.08. The highest BCUT2D eigenvalue weighted by molar-refractivity contribution is 5.78. The molecule has 0 amide bonds. The molecular formula is C15H17N5O3. The average Bonchev–Trinajstić information content (AvgIpc) is 2.55. The summed E-state index contributed by atoms with van der Waals surface area (Å²) in [5.41, 5.74) is -0.00667. The standard InChI is InChI=1S/C15H17N5O3/c1-17(2)13-11-12(18(3)15(23)19(4)14(11)22)16-10-7-9(8-21)5-6-20(10)13/h5-8,10H,1-4H3. The van der Waals surface area contributed by atoms with Gasteiger partial charge in [-0.2, -0.15) is 0 Å². The van der Waals surface area contributed by atoms with E-state index in [2.05, 4.69) is 4.99 Å². The smallest absolute Gasteiger partial charge is 0.332 e. The van der Waals surface area contributed by atoms with Crippen molar-refractivity contribution < 1.29 is 4.79 Å². The minimum absolute atomic E-state index is 0.319. The molecule has 8 heteroatoms. The molecule has 2 aliphatic heterocycles. The van der Waals surface area contributed by atoms with Crippen LogP contribution >= 0.6 is 0 Å². The van der Waals surface area contributed by atoms with Gasteiger partial charge in [0, 0.05) is 40.0 Å². The maximum absolute atomic E-state index is 12.6. The fraction of sp³-hybridized carbons (Fsp3) is 0.333. The van der Waals surface area contributed by atoms with E-state index in [4.69, 9.17) is 0 Å². The van der Waals surface area contributed by atoms with E-state index in [1.165, 1.54) is 11.6 Å². The molecule has 0 radical (unpaired) electrons. The molecule has 23 heavy (non-hydrogen) atoms. The second-order valence-electron chi connectivity index (χ2n) is 5.67. The van der Waals surface area contributed by atoms with E-state index in [0.29, 0.717) is 22.1 Å². The van der Waals surface area contributed by atoms with Crippen molar-refractivity contribution in [2.75, 3.05) is 14.1 Å². The first-order valence-corrected chi connectivity index (χ1v) is 7.06. The van der Waals surface area contributed by atoms with Gasteiger partial charge in [0.05, 0.1) is 0 Å². The Hall–Kier alpha value is -2.90. The minimum Gasteiger partial charge on any atom is -0.363 e. The lowest BCUT2D eigenvalue weighted by Gasteiger charge is -2.36. The highest BCUT2D eigenvalue weighted by Gasteiger charge is 2.28. The molecule has 0 N–H and O–H groups in total. The molecule has 1 aromatic heterocycles. The summed E-state index contributed by atoms with van der Waals surface area (Å²) in [6.45, 7) is 0. The molecule has 2 aliphatic rings. The van der Waals surface area contributed by atoms with Crippen molar-refractivity contribution in [1.82, 2.24) is 18.9 Å². The van der Waals surface area contributed by atoms with E-state index in [1.54, 1.807) is 35.2 Å². The van der Waals surface area contributed by atoms with Crippen LogP contribution in [0.15, 0.2) is 38.5 Å². The molecule has 0 spiro atoms. The number of allylic oxidation sites excluding steroid dienone is 2. The van der Waals surface area contributed by atoms with Crippen LogP contribution in [0.2, 0.25) is 0 Å². The third-order valence-corrected chi connectivity index (χ3v) is 3.97. The van der Waals surface area contributed by atoms with Gasteiger partial charge in [0.25, 0.3) is 5.56 Å². The number of hydrogen-bond acceptors (Lipinski definition) is 6. The number of fused-ring (bicyclic) bond motifs is 2. The van der Waals surface area contributed by atoms with Crippen molar-refractivity contribution in [2.24, 2.45) is 19.1 Å². The Labute approximate surface area is 131 Å². The number of rotatable bonds is 2. The van der Waals surface area contributed by atoms with Crippen LogP contribution in [-0.4, -0.2) is 45.5 Å². The van der Waals surface area contributed by atoms with Crippen molar-refractivity contribution in [3.8, 4) is 0 Å². The highest BCUT2D eigenvalue weighted by atomic mass is 16.2. The van der Waals surface area contributed by atoms with Crippen LogP contribution in [0.25, 0.3) is 5.82 Å². The van der Waals surface area contributed by atoms with Gasteiger partial charge in [-0.05, 0) is 12.2 Å². The summed E-state index contributed by atoms with van der Waals surface area (Å²) in [5, 5.41) is 0.364. The summed E-state index contributed by atoms with van der Waals surface area (Å²) in [4.78, 5) is 43.9. The maximum Gasteiger partial charge on any atom is 0.332 e. The van der Waals surface area contributed by atoms with Gasteiger partial charge >= 0.3 is 5.69 Å². The molecule has 0 bridgehead atoms. The van der Waals surface area contributed by atoms with Crippen LogP contribution in [0.1, 0.15) is 0 Å². The van der Waals surface area contributed by atoms with E-state index in [-0.39, 0.29) is 0 Å². The van der Waals surface area contributed by atoms with E-state index in [1.807, 2.05) is 14.1 Å². The number of aldehydes is 1. The molecule has 0 aromatic carbocycles. The largest absolute Gasteiger partial charge is 0.363 e. The summed E-state index contributed by atoms with van der Waals surface area (Å²) in [6, 6.07) is 0. The maximum atomic E-state index is 12.6. The Kier molecular flexibility index (Phi) is 3.32. The van der Waals surface area contributed by atoms with Crippen LogP contribution in [0.3, 0.4) is 0 Å². The predicted octanol–water partition coefficient (Wildman–Crippen LogP) is -2.37. The molecule has 120 valence electrons. The highest BCUT2D eigenvalue weighted by Crippen LogP contribution is 2.21. The van der Waals surface area contributed by atoms with Gasteiger partial charge in [0.2, 0.25) is 0 Å². The van der Waals surface area contributed by atoms with Gasteiger partial charge < -0.3 is 9.80 Å². The first-order chi connectivity index (χ1) is 10.9. The summed E-state index contributed by atoms with van der Waals surface area (Å²) in [6.07, 6.45) is 5.36. The van der Waals surface area contributed by atoms with E-state index in [0.717, 1.165) is 10.9 Å². The van der Waals surface area contributed by atoms with Gasteiger partial charge in [-0.1, -0.05) is 0 Å². The van der Waals surface area contributed by atoms with Crippen molar-refractivity contribution in [3.63, 3.8) is 0 Å². The van der Waals surface area contributed by atoms with Crippen molar-refractivity contribution in [1.29, 1.82) is 0 Å². The van der Waals surface area contributed by atoms with Gasteiger partial charge in [0.1, 0.15) is 23.5 Å². The molecule has 1 atom stereocenters. The molecule has 1 aromatic rings. The Bertz CT molecular complexity index is 994. The lowest BCUT2D eigenvalue weighted by molar-refractivity contribution is -0.104. The van der Waals surface area contributed by atoms with E-state index in [9.17, 15) is 14.4 Å². The number of aromatic nitrogens is 2. The summed E-state index contributed by atoms with van der Waals surface area (Å²) < 4.78 is 2.42. The van der Waals surface area contributed by atoms with Gasteiger partial charge in [-0.3, -0.25) is 18.7 Å². The zero-order chi connectivity index (χ0) is 16.9. The van der Waals surface area contributed by atoms with Crippen molar-refractivity contribution in [2.45, 2.75) is 6.17 Å². The fourth-order valence-corrected chi connectivity index (χ4v) is 2.83. The van der Waals surface area contributed by atoms with E-state index >= 15 is 0 Å². The second-order valence-corrected chi connectivity index (χ2v) is 5.67. The summed E-state index contributed by atoms with van der Waals surface area (Å²) in [5.74, 6) is 0.633. The van der Waals surface area contributed by atoms with Crippen LogP contribution in [0, 0.1) is 0 Å². The molecule has 0 saturated heterocycles. The SMILES string of the molecule is CN(C)C1=c2c(=O)n(C)c(=O)n(C)c2=NC2C=C(C=O)C=CN12. The first kappa shape index (κ1) is 15.0. The quantitative estimate of drug-likeness (QED) is 0.570. The lowest BCUT2D eigenvalue weighted by atomic mass is 10.1. The normalized spacial score (nSPS) is 18.8. The molecule has 0 fully saturated rings. The van der Waals surface area contributed by atoms with Crippen LogP contribution in [0.4, 0.5) is 0 Å². The average molecular weight is 315 g/mol. The van der Waals surface area contributed by atoms with Crippen molar-refractivity contribution in [3.05, 3.63) is 55.5 Å². The van der Waals surface area contributed by atoms with Crippen LogP contribution < -0.4 is 22.0 Å². The molecule has 0 aliphatic carbocycles. The monoisotopic (exact) mass is 315 g/mol. The molecule has 3 heterocycles. The van der Waals surface area contributed by atoms with Crippen molar-refractivity contribution >= 4 is 12.1 Å². The Morgan fingerprint density at radius 2 is 1.91 bits per heavy atom. The molecule has 1 unspecified atom stereocenters. The number of hydrogen-bond donors (Lipinski definition) is 0. The molecule has 8 nitrogen and oxygen atoms in total. The van der Waals surface area contributed by atoms with Gasteiger partial charge in [0.15, 0.2) is 5.49 Å². The van der Waals surface area contributed by atoms with Gasteiger partial charge in [-0.25, -0.2) is 9.79 Å². The Morgan fingerprint density at radius 1 is 1.22 bits per heavy atom. The van der Waals surface area contributed by atoms with Gasteiger partial charge in [-0.15, -0.1) is 0 Å². The number of carbonyl (C=O) groups excluding carboxylic acids is 1. The topological polar surface area (TPSA) is 79.9 Å². The predicted molar refractivity (Wildman–Crippen MR) is 83.7 cm³/mol. The third kappa shape index (κ3) is 2.06.